The molecule has 0 heterocycles. The first kappa shape index (κ1) is 17.2. The van der Waals surface area contributed by atoms with Gasteiger partial charge in [0.25, 0.3) is 0 Å². The summed E-state index contributed by atoms with van der Waals surface area (Å²) < 4.78 is 25.0. The molecule has 0 saturated heterocycles. The Morgan fingerprint density at radius 3 is 2.70 bits per heavy atom. The number of thioether (sulfide) groups is 1. The summed E-state index contributed by atoms with van der Waals surface area (Å²) in [7, 11) is -1.83. The standard InChI is InChI=1S/C12H19N3O2S3/c1-3-19-10-6-4-5-9(11(10)12(13)18)15-7-8-20(16,17)14-2/h4-6,14-15H,3,7-8H2,1-2H3,(H2,13,18). The molecule has 0 aliphatic rings. The minimum Gasteiger partial charge on any atom is -0.389 e. The molecule has 1 rings (SSSR count). The van der Waals surface area contributed by atoms with Gasteiger partial charge in [-0.05, 0) is 24.9 Å². The van der Waals surface area contributed by atoms with Crippen LogP contribution >= 0.6 is 24.0 Å². The zero-order valence-electron chi connectivity index (χ0n) is 11.5. The maximum atomic E-state index is 11.4. The maximum absolute atomic E-state index is 11.4. The van der Waals surface area contributed by atoms with Gasteiger partial charge in [-0.2, -0.15) is 0 Å². The SMILES string of the molecule is CCSc1cccc(NCCS(=O)(=O)NC)c1C(N)=S. The van der Waals surface area contributed by atoms with Crippen molar-refractivity contribution >= 4 is 44.7 Å². The summed E-state index contributed by atoms with van der Waals surface area (Å²) in [6.07, 6.45) is 0. The lowest BCUT2D eigenvalue weighted by Gasteiger charge is -2.14. The van der Waals surface area contributed by atoms with Crippen molar-refractivity contribution in [3.05, 3.63) is 23.8 Å². The number of hydrogen-bond donors (Lipinski definition) is 3. The van der Waals surface area contributed by atoms with E-state index in [-0.39, 0.29) is 5.75 Å². The number of sulfonamides is 1. The summed E-state index contributed by atoms with van der Waals surface area (Å²) in [4.78, 5) is 1.31. The first-order chi connectivity index (χ1) is 9.41. The minimum absolute atomic E-state index is 0.00851. The van der Waals surface area contributed by atoms with Crippen LogP contribution in [0.5, 0.6) is 0 Å². The van der Waals surface area contributed by atoms with Crippen LogP contribution in [-0.4, -0.2) is 38.5 Å². The first-order valence-corrected chi connectivity index (χ1v) is 9.16. The highest BCUT2D eigenvalue weighted by Gasteiger charge is 2.12. The molecule has 0 fully saturated rings. The number of nitrogens with one attached hydrogen (secondary N) is 2. The number of thiocarbonyl (C=S) groups is 1. The van der Waals surface area contributed by atoms with Gasteiger partial charge in [0.1, 0.15) is 4.99 Å². The van der Waals surface area contributed by atoms with E-state index in [1.54, 1.807) is 11.8 Å². The van der Waals surface area contributed by atoms with Crippen LogP contribution in [0.1, 0.15) is 12.5 Å². The van der Waals surface area contributed by atoms with Gasteiger partial charge in [0.15, 0.2) is 0 Å². The molecule has 1 aromatic rings. The monoisotopic (exact) mass is 333 g/mol. The highest BCUT2D eigenvalue weighted by Crippen LogP contribution is 2.28. The lowest BCUT2D eigenvalue weighted by Crippen LogP contribution is -2.26. The fourth-order valence-corrected chi connectivity index (χ4v) is 3.34. The molecule has 4 N–H and O–H groups in total. The van der Waals surface area contributed by atoms with E-state index in [0.29, 0.717) is 11.5 Å². The number of anilines is 1. The predicted octanol–water partition coefficient (Wildman–Crippen LogP) is 1.39. The van der Waals surface area contributed by atoms with Crippen LogP contribution in [0.25, 0.3) is 0 Å². The molecule has 0 aromatic heterocycles. The molecule has 0 aliphatic carbocycles. The Kier molecular flexibility index (Phi) is 6.74. The van der Waals surface area contributed by atoms with Crippen molar-refractivity contribution in [2.45, 2.75) is 11.8 Å². The molecule has 20 heavy (non-hydrogen) atoms. The normalized spacial score (nSPS) is 11.3. The molecule has 0 unspecified atom stereocenters. The van der Waals surface area contributed by atoms with Gasteiger partial charge in [-0.25, -0.2) is 13.1 Å². The van der Waals surface area contributed by atoms with Crippen LogP contribution in [0, 0.1) is 0 Å². The van der Waals surface area contributed by atoms with E-state index < -0.39 is 10.0 Å². The fraction of sp³-hybridized carbons (Fsp3) is 0.417. The van der Waals surface area contributed by atoms with Crippen molar-refractivity contribution in [2.75, 3.05) is 30.4 Å². The number of nitrogens with two attached hydrogens (primary N) is 1. The first-order valence-electron chi connectivity index (χ1n) is 6.12. The van der Waals surface area contributed by atoms with Crippen LogP contribution < -0.4 is 15.8 Å². The summed E-state index contributed by atoms with van der Waals surface area (Å²) in [6.45, 7) is 2.34. The quantitative estimate of drug-likeness (QED) is 0.492. The Hall–Kier alpha value is -0.830. The van der Waals surface area contributed by atoms with Crippen LogP contribution in [0.4, 0.5) is 5.69 Å². The van der Waals surface area contributed by atoms with Gasteiger partial charge in [0.2, 0.25) is 10.0 Å². The lowest BCUT2D eigenvalue weighted by atomic mass is 10.1. The Balaban J connectivity index is 2.89. The van der Waals surface area contributed by atoms with Gasteiger partial charge in [0, 0.05) is 22.7 Å². The van der Waals surface area contributed by atoms with Crippen molar-refractivity contribution in [2.24, 2.45) is 5.73 Å². The average Bonchev–Trinajstić information content (AvgIpc) is 2.39. The highest BCUT2D eigenvalue weighted by molar-refractivity contribution is 7.99. The largest absolute Gasteiger partial charge is 0.389 e. The Labute approximate surface area is 129 Å². The minimum atomic E-state index is -3.22. The molecule has 0 amide bonds. The second kappa shape index (κ2) is 7.82. The summed E-state index contributed by atoms with van der Waals surface area (Å²) in [5, 5.41) is 3.08. The molecule has 112 valence electrons. The number of hydrogen-bond acceptors (Lipinski definition) is 5. The second-order valence-corrected chi connectivity index (χ2v) is 7.72. The van der Waals surface area contributed by atoms with Gasteiger partial charge in [-0.15, -0.1) is 11.8 Å². The summed E-state index contributed by atoms with van der Waals surface area (Å²) in [6, 6.07) is 5.70. The van der Waals surface area contributed by atoms with Crippen molar-refractivity contribution in [1.29, 1.82) is 0 Å². The summed E-state index contributed by atoms with van der Waals surface area (Å²) >= 11 is 6.74. The van der Waals surface area contributed by atoms with Gasteiger partial charge >= 0.3 is 0 Å². The molecule has 0 aliphatic heterocycles. The van der Waals surface area contributed by atoms with Gasteiger partial charge in [-0.3, -0.25) is 0 Å². The molecule has 5 nitrogen and oxygen atoms in total. The molecule has 0 radical (unpaired) electrons. The van der Waals surface area contributed by atoms with Crippen LogP contribution in [0.15, 0.2) is 23.1 Å². The topological polar surface area (TPSA) is 84.2 Å². The number of rotatable bonds is 8. The fourth-order valence-electron chi connectivity index (χ4n) is 1.63. The summed E-state index contributed by atoms with van der Waals surface area (Å²) in [5.74, 6) is 0.901. The third-order valence-corrected chi connectivity index (χ3v) is 5.08. The van der Waals surface area contributed by atoms with Crippen molar-refractivity contribution in [1.82, 2.24) is 4.72 Å². The average molecular weight is 334 g/mol. The van der Waals surface area contributed by atoms with Crippen molar-refractivity contribution in [3.8, 4) is 0 Å². The van der Waals surface area contributed by atoms with Gasteiger partial charge in [0.05, 0.1) is 5.75 Å². The van der Waals surface area contributed by atoms with E-state index in [4.69, 9.17) is 18.0 Å². The lowest BCUT2D eigenvalue weighted by molar-refractivity contribution is 0.588. The molecule has 8 heteroatoms. The van der Waals surface area contributed by atoms with E-state index in [9.17, 15) is 8.42 Å². The Morgan fingerprint density at radius 2 is 2.15 bits per heavy atom. The zero-order valence-corrected chi connectivity index (χ0v) is 13.9. The van der Waals surface area contributed by atoms with Crippen molar-refractivity contribution in [3.63, 3.8) is 0 Å². The molecule has 0 spiro atoms. The van der Waals surface area contributed by atoms with Crippen LogP contribution in [-0.2, 0) is 10.0 Å². The van der Waals surface area contributed by atoms with E-state index in [0.717, 1.165) is 21.9 Å². The van der Waals surface area contributed by atoms with E-state index in [1.807, 2.05) is 25.1 Å². The smallest absolute Gasteiger partial charge is 0.213 e. The van der Waals surface area contributed by atoms with Crippen molar-refractivity contribution < 1.29 is 8.42 Å². The van der Waals surface area contributed by atoms with Crippen LogP contribution in [0.2, 0.25) is 0 Å². The van der Waals surface area contributed by atoms with E-state index >= 15 is 0 Å². The maximum Gasteiger partial charge on any atom is 0.213 e. The van der Waals surface area contributed by atoms with Gasteiger partial charge < -0.3 is 11.1 Å². The van der Waals surface area contributed by atoms with Crippen LogP contribution in [0.3, 0.4) is 0 Å². The second-order valence-electron chi connectivity index (χ2n) is 3.93. The molecular formula is C12H19N3O2S3. The molecule has 0 saturated carbocycles. The highest BCUT2D eigenvalue weighted by atomic mass is 32.2. The van der Waals surface area contributed by atoms with E-state index in [2.05, 4.69) is 10.0 Å². The molecule has 1 aromatic carbocycles. The number of benzene rings is 1. The zero-order chi connectivity index (χ0) is 15.2. The Bertz CT molecular complexity index is 573. The summed E-state index contributed by atoms with van der Waals surface area (Å²) in [5.41, 5.74) is 7.32. The molecule has 0 atom stereocenters. The third kappa shape index (κ3) is 4.93. The van der Waals surface area contributed by atoms with E-state index in [1.165, 1.54) is 7.05 Å². The molecule has 0 bridgehead atoms. The Morgan fingerprint density at radius 1 is 1.45 bits per heavy atom. The molecular weight excluding hydrogens is 314 g/mol. The predicted molar refractivity (Wildman–Crippen MR) is 90.1 cm³/mol. The van der Waals surface area contributed by atoms with Gasteiger partial charge in [-0.1, -0.05) is 25.2 Å². The third-order valence-electron chi connectivity index (χ3n) is 2.57.